The fourth-order valence-corrected chi connectivity index (χ4v) is 3.95. The van der Waals surface area contributed by atoms with Crippen molar-refractivity contribution in [3.63, 3.8) is 0 Å². The van der Waals surface area contributed by atoms with Crippen LogP contribution in [0.2, 0.25) is 0 Å². The molecule has 0 bridgehead atoms. The Morgan fingerprint density at radius 3 is 2.71 bits per heavy atom. The van der Waals surface area contributed by atoms with Crippen molar-refractivity contribution in [3.05, 3.63) is 0 Å². The van der Waals surface area contributed by atoms with Gasteiger partial charge < -0.3 is 5.32 Å². The Morgan fingerprint density at radius 1 is 1.12 bits per heavy atom. The lowest BCUT2D eigenvalue weighted by molar-refractivity contribution is 0.0345. The number of rotatable bonds is 5. The summed E-state index contributed by atoms with van der Waals surface area (Å²) in [4.78, 5) is 0. The zero-order valence-corrected chi connectivity index (χ0v) is 11.9. The van der Waals surface area contributed by atoms with Gasteiger partial charge in [0.25, 0.3) is 0 Å². The molecule has 1 aliphatic heterocycles. The second-order valence-electron chi connectivity index (χ2n) is 7.06. The second-order valence-corrected chi connectivity index (χ2v) is 7.06. The zero-order chi connectivity index (χ0) is 12.1. The van der Waals surface area contributed by atoms with Gasteiger partial charge in [0, 0.05) is 0 Å². The van der Waals surface area contributed by atoms with Crippen molar-refractivity contribution in [2.24, 2.45) is 17.3 Å². The molecule has 0 amide bonds. The van der Waals surface area contributed by atoms with E-state index >= 15 is 0 Å². The maximum absolute atomic E-state index is 3.55. The van der Waals surface area contributed by atoms with Crippen LogP contribution in [0.4, 0.5) is 0 Å². The van der Waals surface area contributed by atoms with E-state index in [4.69, 9.17) is 0 Å². The Labute approximate surface area is 108 Å². The van der Waals surface area contributed by atoms with E-state index in [1.165, 1.54) is 58.0 Å². The Bertz CT molecular complexity index is 206. The number of nitrogens with one attached hydrogen (secondary N) is 1. The normalized spacial score (nSPS) is 33.7. The highest BCUT2D eigenvalue weighted by molar-refractivity contribution is 4.94. The molecule has 1 heteroatoms. The van der Waals surface area contributed by atoms with Crippen LogP contribution in [0.1, 0.15) is 71.6 Å². The predicted octanol–water partition coefficient (Wildman–Crippen LogP) is 4.37. The molecule has 0 unspecified atom stereocenters. The van der Waals surface area contributed by atoms with Crippen molar-refractivity contribution < 1.29 is 0 Å². The summed E-state index contributed by atoms with van der Waals surface area (Å²) in [5.41, 5.74) is 0.784. The van der Waals surface area contributed by atoms with Crippen LogP contribution >= 0.6 is 0 Å². The highest BCUT2D eigenvalue weighted by Crippen LogP contribution is 2.53. The first-order valence-electron chi connectivity index (χ1n) is 7.91. The standard InChI is InChI=1S/C16H31N/c1-14(2)6-3-4-7-15-12-16(13-15)8-5-10-17-11-9-16/h14-15,17H,3-13H2,1-2H3. The summed E-state index contributed by atoms with van der Waals surface area (Å²) < 4.78 is 0. The van der Waals surface area contributed by atoms with Gasteiger partial charge in [-0.25, -0.2) is 0 Å². The third-order valence-corrected chi connectivity index (χ3v) is 4.98. The molecule has 1 spiro atoms. The maximum atomic E-state index is 3.55. The molecule has 1 heterocycles. The van der Waals surface area contributed by atoms with Crippen molar-refractivity contribution >= 4 is 0 Å². The molecule has 2 rings (SSSR count). The first kappa shape index (κ1) is 13.4. The van der Waals surface area contributed by atoms with Crippen molar-refractivity contribution in [1.29, 1.82) is 0 Å². The van der Waals surface area contributed by atoms with Crippen LogP contribution in [0.25, 0.3) is 0 Å². The predicted molar refractivity (Wildman–Crippen MR) is 75.2 cm³/mol. The fourth-order valence-electron chi connectivity index (χ4n) is 3.95. The lowest BCUT2D eigenvalue weighted by Crippen LogP contribution is -2.37. The Hall–Kier alpha value is -0.0400. The molecule has 1 saturated carbocycles. The molecule has 0 atom stereocenters. The van der Waals surface area contributed by atoms with Gasteiger partial charge in [-0.2, -0.15) is 0 Å². The molecular formula is C16H31N. The number of hydrogen-bond donors (Lipinski definition) is 1. The van der Waals surface area contributed by atoms with Crippen LogP contribution < -0.4 is 5.32 Å². The lowest BCUT2D eigenvalue weighted by atomic mass is 9.57. The summed E-state index contributed by atoms with van der Waals surface area (Å²) in [5.74, 6) is 1.98. The Balaban J connectivity index is 1.58. The van der Waals surface area contributed by atoms with Crippen LogP contribution in [-0.4, -0.2) is 13.1 Å². The Kier molecular flexibility index (Phi) is 4.90. The van der Waals surface area contributed by atoms with E-state index in [1.807, 2.05) is 0 Å². The third kappa shape index (κ3) is 3.98. The smallest absolute Gasteiger partial charge is 0.00436 e. The van der Waals surface area contributed by atoms with Gasteiger partial charge in [-0.15, -0.1) is 0 Å². The van der Waals surface area contributed by atoms with Gasteiger partial charge in [-0.05, 0) is 62.4 Å². The largest absolute Gasteiger partial charge is 0.317 e. The van der Waals surface area contributed by atoms with Gasteiger partial charge >= 0.3 is 0 Å². The van der Waals surface area contributed by atoms with Crippen molar-refractivity contribution in [2.45, 2.75) is 71.6 Å². The van der Waals surface area contributed by atoms with Crippen molar-refractivity contribution in [1.82, 2.24) is 5.32 Å². The minimum atomic E-state index is 0.784. The molecule has 100 valence electrons. The van der Waals surface area contributed by atoms with Crippen LogP contribution in [0.5, 0.6) is 0 Å². The highest BCUT2D eigenvalue weighted by Gasteiger charge is 2.42. The summed E-state index contributed by atoms with van der Waals surface area (Å²) >= 11 is 0. The summed E-state index contributed by atoms with van der Waals surface area (Å²) in [6.07, 6.45) is 13.4. The molecule has 0 aromatic heterocycles. The molecule has 17 heavy (non-hydrogen) atoms. The Morgan fingerprint density at radius 2 is 1.94 bits per heavy atom. The van der Waals surface area contributed by atoms with Crippen LogP contribution in [0.3, 0.4) is 0 Å². The van der Waals surface area contributed by atoms with Crippen LogP contribution in [0.15, 0.2) is 0 Å². The average Bonchev–Trinajstić information content (AvgIpc) is 2.48. The number of hydrogen-bond acceptors (Lipinski definition) is 1. The summed E-state index contributed by atoms with van der Waals surface area (Å²) in [6.45, 7) is 7.23. The van der Waals surface area contributed by atoms with Gasteiger partial charge in [-0.3, -0.25) is 0 Å². The summed E-state index contributed by atoms with van der Waals surface area (Å²) in [6, 6.07) is 0. The topological polar surface area (TPSA) is 12.0 Å². The number of unbranched alkanes of at least 4 members (excludes halogenated alkanes) is 1. The van der Waals surface area contributed by atoms with Gasteiger partial charge in [-0.1, -0.05) is 39.5 Å². The summed E-state index contributed by atoms with van der Waals surface area (Å²) in [5, 5.41) is 3.55. The minimum Gasteiger partial charge on any atom is -0.317 e. The molecule has 2 aliphatic rings. The van der Waals surface area contributed by atoms with E-state index < -0.39 is 0 Å². The minimum absolute atomic E-state index is 0.784. The van der Waals surface area contributed by atoms with Gasteiger partial charge in [0.2, 0.25) is 0 Å². The molecule has 2 fully saturated rings. The summed E-state index contributed by atoms with van der Waals surface area (Å²) in [7, 11) is 0. The van der Waals surface area contributed by atoms with E-state index in [2.05, 4.69) is 19.2 Å². The van der Waals surface area contributed by atoms with Gasteiger partial charge in [0.15, 0.2) is 0 Å². The zero-order valence-electron chi connectivity index (χ0n) is 11.9. The molecule has 1 aliphatic carbocycles. The SMILES string of the molecule is CC(C)CCCCC1CC2(CCCNCC2)C1. The second kappa shape index (κ2) is 6.22. The molecule has 0 aromatic rings. The van der Waals surface area contributed by atoms with E-state index in [9.17, 15) is 0 Å². The molecule has 0 radical (unpaired) electrons. The van der Waals surface area contributed by atoms with Gasteiger partial charge in [0.1, 0.15) is 0 Å². The van der Waals surface area contributed by atoms with Crippen molar-refractivity contribution in [2.75, 3.05) is 13.1 Å². The molecule has 0 aromatic carbocycles. The average molecular weight is 237 g/mol. The lowest BCUT2D eigenvalue weighted by Gasteiger charge is -2.48. The van der Waals surface area contributed by atoms with E-state index in [0.717, 1.165) is 17.3 Å². The quantitative estimate of drug-likeness (QED) is 0.700. The first-order chi connectivity index (χ1) is 8.20. The molecular weight excluding hydrogens is 206 g/mol. The van der Waals surface area contributed by atoms with Crippen molar-refractivity contribution in [3.8, 4) is 0 Å². The monoisotopic (exact) mass is 237 g/mol. The molecule has 1 saturated heterocycles. The molecule has 1 nitrogen and oxygen atoms in total. The van der Waals surface area contributed by atoms with Gasteiger partial charge in [0.05, 0.1) is 0 Å². The van der Waals surface area contributed by atoms with Crippen LogP contribution in [0, 0.1) is 17.3 Å². The van der Waals surface area contributed by atoms with E-state index in [-0.39, 0.29) is 0 Å². The highest BCUT2D eigenvalue weighted by atomic mass is 14.9. The van der Waals surface area contributed by atoms with E-state index in [0.29, 0.717) is 0 Å². The van der Waals surface area contributed by atoms with Crippen LogP contribution in [-0.2, 0) is 0 Å². The fraction of sp³-hybridized carbons (Fsp3) is 1.00. The van der Waals surface area contributed by atoms with E-state index in [1.54, 1.807) is 12.8 Å². The molecule has 1 N–H and O–H groups in total. The third-order valence-electron chi connectivity index (χ3n) is 4.98. The first-order valence-corrected chi connectivity index (χ1v) is 7.91. The maximum Gasteiger partial charge on any atom is -0.00436 e.